The van der Waals surface area contributed by atoms with Crippen LogP contribution in [0.2, 0.25) is 0 Å². The summed E-state index contributed by atoms with van der Waals surface area (Å²) in [4.78, 5) is 23.0. The molecule has 1 rings (SSSR count). The minimum absolute atomic E-state index is 0.370. The summed E-state index contributed by atoms with van der Waals surface area (Å²) in [5, 5.41) is 0. The molecule has 4 heteroatoms. The van der Waals surface area contributed by atoms with Crippen molar-refractivity contribution >= 4 is 11.9 Å². The molecule has 0 spiro atoms. The maximum absolute atomic E-state index is 11.6. The summed E-state index contributed by atoms with van der Waals surface area (Å²) in [5.41, 5.74) is 1.12. The molecule has 0 aliphatic heterocycles. The number of carbonyl (C=O) groups excluding carboxylic acids is 2. The summed E-state index contributed by atoms with van der Waals surface area (Å²) < 4.78 is 9.30. The average Bonchev–Trinajstić information content (AvgIpc) is 2.23. The van der Waals surface area contributed by atoms with Crippen molar-refractivity contribution in [3.05, 3.63) is 23.3 Å². The van der Waals surface area contributed by atoms with Gasteiger partial charge in [0.25, 0.3) is 0 Å². The van der Waals surface area contributed by atoms with Gasteiger partial charge < -0.3 is 9.47 Å². The fraction of sp³-hybridized carbons (Fsp3) is 0.500. The first-order chi connectivity index (χ1) is 7.38. The van der Waals surface area contributed by atoms with Crippen molar-refractivity contribution in [2.24, 2.45) is 5.41 Å². The van der Waals surface area contributed by atoms with Crippen molar-refractivity contribution in [2.45, 2.75) is 20.3 Å². The summed E-state index contributed by atoms with van der Waals surface area (Å²) in [6.07, 6.45) is 0.472. The van der Waals surface area contributed by atoms with Crippen LogP contribution in [0.3, 0.4) is 0 Å². The molecule has 0 amide bonds. The Hall–Kier alpha value is -1.58. The highest BCUT2D eigenvalue weighted by Crippen LogP contribution is 2.51. The van der Waals surface area contributed by atoms with Gasteiger partial charge in [-0.1, -0.05) is 19.1 Å². The summed E-state index contributed by atoms with van der Waals surface area (Å²) in [6.45, 7) is 7.54. The molecule has 0 fully saturated rings. The summed E-state index contributed by atoms with van der Waals surface area (Å²) in [6, 6.07) is 0. The zero-order valence-corrected chi connectivity index (χ0v) is 10.0. The van der Waals surface area contributed by atoms with Gasteiger partial charge in [0.1, 0.15) is 0 Å². The van der Waals surface area contributed by atoms with Crippen LogP contribution in [0.4, 0.5) is 0 Å². The predicted octanol–water partition coefficient (Wildman–Crippen LogP) is 1.62. The Kier molecular flexibility index (Phi) is 3.21. The molecule has 0 N–H and O–H groups in total. The van der Waals surface area contributed by atoms with Crippen molar-refractivity contribution in [1.82, 2.24) is 0 Å². The van der Waals surface area contributed by atoms with Crippen LogP contribution in [0.15, 0.2) is 23.3 Å². The van der Waals surface area contributed by atoms with Gasteiger partial charge >= 0.3 is 11.9 Å². The number of carbonyl (C=O) groups is 2. The van der Waals surface area contributed by atoms with Gasteiger partial charge in [-0.2, -0.15) is 0 Å². The Morgan fingerprint density at radius 3 is 2.12 bits per heavy atom. The summed E-state index contributed by atoms with van der Waals surface area (Å²) in [7, 11) is 2.59. The quantitative estimate of drug-likeness (QED) is 0.540. The maximum Gasteiger partial charge on any atom is 0.335 e. The van der Waals surface area contributed by atoms with Gasteiger partial charge in [-0.25, -0.2) is 9.59 Å². The summed E-state index contributed by atoms with van der Waals surface area (Å²) >= 11 is 0. The van der Waals surface area contributed by atoms with Crippen LogP contribution in [0, 0.1) is 5.41 Å². The van der Waals surface area contributed by atoms with Gasteiger partial charge in [-0.15, -0.1) is 0 Å². The van der Waals surface area contributed by atoms with Crippen molar-refractivity contribution in [2.75, 3.05) is 14.2 Å². The molecule has 0 radical (unpaired) electrons. The van der Waals surface area contributed by atoms with Crippen LogP contribution in [0.25, 0.3) is 0 Å². The Bertz CT molecular complexity index is 392. The van der Waals surface area contributed by atoms with Crippen molar-refractivity contribution in [3.8, 4) is 0 Å². The highest BCUT2D eigenvalue weighted by molar-refractivity contribution is 6.05. The zero-order chi connectivity index (χ0) is 12.5. The molecule has 1 aliphatic rings. The summed E-state index contributed by atoms with van der Waals surface area (Å²) in [5.74, 6) is -0.962. The van der Waals surface area contributed by atoms with Crippen molar-refractivity contribution in [1.29, 1.82) is 0 Å². The van der Waals surface area contributed by atoms with Crippen LogP contribution in [0.5, 0.6) is 0 Å². The van der Waals surface area contributed by atoms with Crippen LogP contribution < -0.4 is 0 Å². The standard InChI is InChI=1S/C12H16O4/c1-7(2)12(3)6-8(10(13)15-4)9(12)11(14)16-5/h1,6H2,2-5H3. The highest BCUT2D eigenvalue weighted by atomic mass is 16.5. The van der Waals surface area contributed by atoms with Gasteiger partial charge in [0.15, 0.2) is 0 Å². The van der Waals surface area contributed by atoms with Gasteiger partial charge in [0.05, 0.1) is 19.8 Å². The third kappa shape index (κ3) is 1.64. The van der Waals surface area contributed by atoms with E-state index in [1.54, 1.807) is 0 Å². The fourth-order valence-corrected chi connectivity index (χ4v) is 1.87. The third-order valence-corrected chi connectivity index (χ3v) is 3.15. The van der Waals surface area contributed by atoms with Crippen LogP contribution in [0.1, 0.15) is 20.3 Å². The Morgan fingerprint density at radius 1 is 1.25 bits per heavy atom. The van der Waals surface area contributed by atoms with Crippen molar-refractivity contribution < 1.29 is 19.1 Å². The molecule has 0 saturated heterocycles. The maximum atomic E-state index is 11.6. The van der Waals surface area contributed by atoms with E-state index in [2.05, 4.69) is 16.1 Å². The first-order valence-electron chi connectivity index (χ1n) is 4.94. The number of methoxy groups -OCH3 is 2. The number of rotatable bonds is 3. The molecule has 0 heterocycles. The molecule has 1 unspecified atom stereocenters. The number of allylic oxidation sites excluding steroid dienone is 1. The molecule has 1 aliphatic carbocycles. The molecule has 0 aromatic rings. The second kappa shape index (κ2) is 4.12. The first-order valence-corrected chi connectivity index (χ1v) is 4.94. The van der Waals surface area contributed by atoms with Crippen molar-refractivity contribution in [3.63, 3.8) is 0 Å². The van der Waals surface area contributed by atoms with E-state index in [1.807, 2.05) is 13.8 Å². The molecule has 0 saturated carbocycles. The Labute approximate surface area is 94.9 Å². The van der Waals surface area contributed by atoms with E-state index in [0.717, 1.165) is 5.57 Å². The lowest BCUT2D eigenvalue weighted by molar-refractivity contribution is -0.142. The molecule has 16 heavy (non-hydrogen) atoms. The first kappa shape index (κ1) is 12.5. The monoisotopic (exact) mass is 224 g/mol. The third-order valence-electron chi connectivity index (χ3n) is 3.15. The molecule has 0 aromatic heterocycles. The lowest BCUT2D eigenvalue weighted by Gasteiger charge is -2.41. The van der Waals surface area contributed by atoms with Gasteiger partial charge in [0, 0.05) is 11.0 Å². The number of hydrogen-bond acceptors (Lipinski definition) is 4. The molecule has 0 aromatic carbocycles. The molecule has 88 valence electrons. The van der Waals surface area contributed by atoms with E-state index in [4.69, 9.17) is 0 Å². The Balaban J connectivity index is 3.19. The SMILES string of the molecule is C=C(C)C1(C)CC(C(=O)OC)=C1C(=O)OC. The Morgan fingerprint density at radius 2 is 1.75 bits per heavy atom. The second-order valence-corrected chi connectivity index (χ2v) is 4.13. The average molecular weight is 224 g/mol. The molecule has 4 nitrogen and oxygen atoms in total. The van der Waals surface area contributed by atoms with Gasteiger partial charge in [-0.3, -0.25) is 0 Å². The van der Waals surface area contributed by atoms with Crippen LogP contribution >= 0.6 is 0 Å². The smallest absolute Gasteiger partial charge is 0.335 e. The van der Waals surface area contributed by atoms with E-state index >= 15 is 0 Å². The largest absolute Gasteiger partial charge is 0.466 e. The number of ether oxygens (including phenoxy) is 2. The molecule has 1 atom stereocenters. The van der Waals surface area contributed by atoms with E-state index in [-0.39, 0.29) is 0 Å². The lowest BCUT2D eigenvalue weighted by Crippen LogP contribution is -2.39. The second-order valence-electron chi connectivity index (χ2n) is 4.13. The predicted molar refractivity (Wildman–Crippen MR) is 58.6 cm³/mol. The normalized spacial score (nSPS) is 23.5. The lowest BCUT2D eigenvalue weighted by atomic mass is 9.61. The zero-order valence-electron chi connectivity index (χ0n) is 10.0. The highest BCUT2D eigenvalue weighted by Gasteiger charge is 2.48. The van der Waals surface area contributed by atoms with E-state index < -0.39 is 17.4 Å². The van der Waals surface area contributed by atoms with E-state index in [9.17, 15) is 9.59 Å². The fourth-order valence-electron chi connectivity index (χ4n) is 1.87. The minimum Gasteiger partial charge on any atom is -0.466 e. The molecular formula is C12H16O4. The number of hydrogen-bond donors (Lipinski definition) is 0. The minimum atomic E-state index is -0.489. The van der Waals surface area contributed by atoms with E-state index in [1.165, 1.54) is 14.2 Å². The van der Waals surface area contributed by atoms with Gasteiger partial charge in [0.2, 0.25) is 0 Å². The van der Waals surface area contributed by atoms with Crippen LogP contribution in [-0.2, 0) is 19.1 Å². The van der Waals surface area contributed by atoms with E-state index in [0.29, 0.717) is 17.6 Å². The number of esters is 2. The molecule has 0 bridgehead atoms. The molecular weight excluding hydrogens is 208 g/mol. The van der Waals surface area contributed by atoms with Crippen LogP contribution in [-0.4, -0.2) is 26.2 Å². The topological polar surface area (TPSA) is 52.6 Å². The van der Waals surface area contributed by atoms with Gasteiger partial charge in [-0.05, 0) is 13.3 Å².